The first-order valence-electron chi connectivity index (χ1n) is 6.62. The molecule has 0 spiro atoms. The molecule has 0 aromatic heterocycles. The van der Waals surface area contributed by atoms with Crippen molar-refractivity contribution in [2.75, 3.05) is 0 Å². The molecule has 0 heterocycles. The van der Waals surface area contributed by atoms with Gasteiger partial charge in [0.05, 0.1) is 0 Å². The third-order valence-corrected chi connectivity index (χ3v) is 7.09. The summed E-state index contributed by atoms with van der Waals surface area (Å²) in [4.78, 5) is 28.6. The van der Waals surface area contributed by atoms with E-state index in [1.54, 1.807) is 0 Å². The van der Waals surface area contributed by atoms with Crippen LogP contribution in [0.2, 0.25) is 5.54 Å². The van der Waals surface area contributed by atoms with E-state index in [1.165, 1.54) is 32.1 Å². The van der Waals surface area contributed by atoms with Crippen LogP contribution >= 0.6 is 0 Å². The van der Waals surface area contributed by atoms with Gasteiger partial charge in [-0.25, -0.2) is 0 Å². The van der Waals surface area contributed by atoms with E-state index in [1.807, 2.05) is 6.92 Å². The summed E-state index contributed by atoms with van der Waals surface area (Å²) in [5, 5.41) is 0. The minimum absolute atomic E-state index is 0.275. The lowest BCUT2D eigenvalue weighted by molar-refractivity contribution is -0.0454. The maximum Gasteiger partial charge on any atom is 0.496 e. The summed E-state index contributed by atoms with van der Waals surface area (Å²) in [7, 11) is -3.92. The molecule has 0 aromatic carbocycles. The van der Waals surface area contributed by atoms with Gasteiger partial charge in [-0.15, -0.1) is 0 Å². The number of rotatable bonds is 2. The average Bonchev–Trinajstić information content (AvgIpc) is 2.13. The summed E-state index contributed by atoms with van der Waals surface area (Å²) in [5.74, 6) is 3.49. The van der Waals surface area contributed by atoms with Crippen LogP contribution in [0.25, 0.3) is 0 Å². The molecular weight excluding hydrogens is 220 g/mol. The fourth-order valence-electron chi connectivity index (χ4n) is 5.04. The number of hydrogen-bond acceptors (Lipinski definition) is 3. The predicted molar refractivity (Wildman–Crippen MR) is 62.4 cm³/mol. The van der Waals surface area contributed by atoms with Crippen LogP contribution in [0, 0.1) is 29.6 Å². The van der Waals surface area contributed by atoms with Crippen LogP contribution < -0.4 is 0 Å². The van der Waals surface area contributed by atoms with E-state index < -0.39 is 8.80 Å². The average molecular weight is 242 g/mol. The van der Waals surface area contributed by atoms with Crippen molar-refractivity contribution in [3.63, 3.8) is 0 Å². The first-order valence-corrected chi connectivity index (χ1v) is 8.54. The molecule has 3 nitrogen and oxygen atoms in total. The third kappa shape index (κ3) is 1.67. The van der Waals surface area contributed by atoms with Crippen LogP contribution in [0.15, 0.2) is 0 Å². The van der Waals surface area contributed by atoms with Gasteiger partial charge < -0.3 is 14.4 Å². The van der Waals surface area contributed by atoms with Crippen molar-refractivity contribution in [2.45, 2.75) is 44.6 Å². The van der Waals surface area contributed by atoms with Gasteiger partial charge in [-0.05, 0) is 61.7 Å². The van der Waals surface area contributed by atoms with Gasteiger partial charge >= 0.3 is 8.80 Å². The zero-order valence-electron chi connectivity index (χ0n) is 9.84. The van der Waals surface area contributed by atoms with E-state index in [0.717, 1.165) is 11.8 Å². The molecule has 4 aliphatic rings. The lowest BCUT2D eigenvalue weighted by Gasteiger charge is -2.56. The molecule has 0 aromatic rings. The summed E-state index contributed by atoms with van der Waals surface area (Å²) in [6, 6.07) is 0. The highest BCUT2D eigenvalue weighted by Crippen LogP contribution is 2.59. The molecule has 0 saturated heterocycles. The molecule has 1 unspecified atom stereocenters. The third-order valence-electron chi connectivity index (χ3n) is 5.49. The molecule has 4 fully saturated rings. The summed E-state index contributed by atoms with van der Waals surface area (Å²) >= 11 is 0. The summed E-state index contributed by atoms with van der Waals surface area (Å²) in [5.41, 5.74) is -0.275. The lowest BCUT2D eigenvalue weighted by Crippen LogP contribution is -2.52. The quantitative estimate of drug-likeness (QED) is 0.641. The second-order valence-corrected chi connectivity index (χ2v) is 8.77. The van der Waals surface area contributed by atoms with Gasteiger partial charge in [0.1, 0.15) is 0 Å². The Labute approximate surface area is 97.9 Å². The fourth-order valence-corrected chi connectivity index (χ4v) is 6.10. The monoisotopic (exact) mass is 242 g/mol. The highest BCUT2D eigenvalue weighted by atomic mass is 28.4. The van der Waals surface area contributed by atoms with Crippen LogP contribution in [0.4, 0.5) is 0 Å². The molecule has 4 saturated carbocycles. The molecule has 0 aliphatic heterocycles. The van der Waals surface area contributed by atoms with E-state index in [0.29, 0.717) is 17.8 Å². The molecule has 0 amide bonds. The molecule has 3 N–H and O–H groups in total. The smallest absolute Gasteiger partial charge is 0.390 e. The molecule has 4 bridgehead atoms. The van der Waals surface area contributed by atoms with Crippen molar-refractivity contribution >= 4 is 8.80 Å². The van der Waals surface area contributed by atoms with Gasteiger partial charge in [0, 0.05) is 5.54 Å². The SMILES string of the molecule is CC(C1C2CC3CC(C2)CC1C3)[Si](O)(O)O. The molecule has 4 aliphatic carbocycles. The van der Waals surface area contributed by atoms with E-state index in [-0.39, 0.29) is 5.54 Å². The molecule has 16 heavy (non-hydrogen) atoms. The van der Waals surface area contributed by atoms with Crippen LogP contribution in [0.3, 0.4) is 0 Å². The second-order valence-electron chi connectivity index (χ2n) is 6.48. The number of hydrogen-bond donors (Lipinski definition) is 3. The maximum absolute atomic E-state index is 9.52. The van der Waals surface area contributed by atoms with Gasteiger partial charge in [0.2, 0.25) is 0 Å². The first kappa shape index (κ1) is 11.2. The van der Waals surface area contributed by atoms with Crippen LogP contribution in [-0.4, -0.2) is 23.2 Å². The van der Waals surface area contributed by atoms with Gasteiger partial charge in [-0.2, -0.15) is 0 Å². The van der Waals surface area contributed by atoms with E-state index in [4.69, 9.17) is 0 Å². The molecule has 92 valence electrons. The van der Waals surface area contributed by atoms with E-state index >= 15 is 0 Å². The Bertz CT molecular complexity index is 258. The Balaban J connectivity index is 1.81. The van der Waals surface area contributed by atoms with Gasteiger partial charge in [0.15, 0.2) is 0 Å². The lowest BCUT2D eigenvalue weighted by atomic mass is 9.51. The predicted octanol–water partition coefficient (Wildman–Crippen LogP) is 1.36. The molecular formula is C12H22O3Si. The van der Waals surface area contributed by atoms with Gasteiger partial charge in [-0.1, -0.05) is 6.92 Å². The fraction of sp³-hybridized carbons (Fsp3) is 1.00. The Morgan fingerprint density at radius 1 is 0.875 bits per heavy atom. The summed E-state index contributed by atoms with van der Waals surface area (Å²) in [6.45, 7) is 1.85. The van der Waals surface area contributed by atoms with Crippen LogP contribution in [0.5, 0.6) is 0 Å². The highest BCUT2D eigenvalue weighted by molar-refractivity contribution is 6.57. The maximum atomic E-state index is 9.52. The molecule has 1 atom stereocenters. The Morgan fingerprint density at radius 2 is 1.31 bits per heavy atom. The zero-order valence-corrected chi connectivity index (χ0v) is 10.8. The Morgan fingerprint density at radius 3 is 1.69 bits per heavy atom. The topological polar surface area (TPSA) is 60.7 Å². The first-order chi connectivity index (χ1) is 7.45. The van der Waals surface area contributed by atoms with Crippen LogP contribution in [-0.2, 0) is 0 Å². The molecule has 0 radical (unpaired) electrons. The minimum Gasteiger partial charge on any atom is -0.390 e. The Hall–Kier alpha value is 0.0969. The van der Waals surface area contributed by atoms with E-state index in [2.05, 4.69) is 0 Å². The molecule has 4 rings (SSSR count). The summed E-state index contributed by atoms with van der Waals surface area (Å²) < 4.78 is 0. The molecule has 4 heteroatoms. The highest BCUT2D eigenvalue weighted by Gasteiger charge is 2.54. The Kier molecular flexibility index (Phi) is 2.48. The minimum atomic E-state index is -3.92. The van der Waals surface area contributed by atoms with Gasteiger partial charge in [0.25, 0.3) is 0 Å². The standard InChI is InChI=1S/C12H22O3Si/c1-7(16(13,14)15)12-10-3-8-2-9(5-10)6-11(12)4-8/h7-15H,2-6H2,1H3. The van der Waals surface area contributed by atoms with Crippen molar-refractivity contribution in [1.29, 1.82) is 0 Å². The largest absolute Gasteiger partial charge is 0.496 e. The van der Waals surface area contributed by atoms with Crippen molar-refractivity contribution in [3.8, 4) is 0 Å². The second kappa shape index (κ2) is 3.54. The van der Waals surface area contributed by atoms with Gasteiger partial charge in [-0.3, -0.25) is 0 Å². The van der Waals surface area contributed by atoms with Crippen molar-refractivity contribution in [2.24, 2.45) is 29.6 Å². The summed E-state index contributed by atoms with van der Waals surface area (Å²) in [6.07, 6.45) is 6.49. The van der Waals surface area contributed by atoms with E-state index in [9.17, 15) is 14.4 Å². The van der Waals surface area contributed by atoms with Crippen molar-refractivity contribution < 1.29 is 14.4 Å². The van der Waals surface area contributed by atoms with Crippen LogP contribution in [0.1, 0.15) is 39.0 Å². The normalized spacial score (nSPS) is 48.4. The van der Waals surface area contributed by atoms with Crippen molar-refractivity contribution in [3.05, 3.63) is 0 Å². The van der Waals surface area contributed by atoms with Crippen molar-refractivity contribution in [1.82, 2.24) is 0 Å². The zero-order chi connectivity index (χ0) is 11.5.